The first-order chi connectivity index (χ1) is 10.7. The van der Waals surface area contributed by atoms with Gasteiger partial charge in [0.2, 0.25) is 0 Å². The van der Waals surface area contributed by atoms with Crippen molar-refractivity contribution in [2.45, 2.75) is 58.9 Å². The van der Waals surface area contributed by atoms with Gasteiger partial charge in [-0.15, -0.1) is 0 Å². The van der Waals surface area contributed by atoms with Crippen LogP contribution in [0.3, 0.4) is 0 Å². The topological polar surface area (TPSA) is 30.5 Å². The fourth-order valence-electron chi connectivity index (χ4n) is 2.34. The van der Waals surface area contributed by atoms with Gasteiger partial charge >= 0.3 is 0 Å². The molecule has 0 saturated carbocycles. The van der Waals surface area contributed by atoms with E-state index in [1.807, 2.05) is 12.1 Å². The van der Waals surface area contributed by atoms with E-state index in [1.165, 1.54) is 32.1 Å². The van der Waals surface area contributed by atoms with Crippen molar-refractivity contribution in [3.05, 3.63) is 22.2 Å². The first kappa shape index (κ1) is 19.3. The number of unbranched alkanes of at least 4 members (excludes halogenated alkanes) is 4. The number of halogens is 1. The van der Waals surface area contributed by atoms with Gasteiger partial charge < -0.3 is 14.8 Å². The van der Waals surface area contributed by atoms with Gasteiger partial charge in [0.1, 0.15) is 0 Å². The summed E-state index contributed by atoms with van der Waals surface area (Å²) < 4.78 is 12.4. The number of ether oxygens (including phenoxy) is 2. The smallest absolute Gasteiger partial charge is 0.166 e. The molecule has 0 saturated heterocycles. The second-order valence-corrected chi connectivity index (χ2v) is 6.35. The second-order valence-electron chi connectivity index (χ2n) is 5.50. The van der Waals surface area contributed by atoms with Gasteiger partial charge in [-0.2, -0.15) is 0 Å². The van der Waals surface area contributed by atoms with Crippen LogP contribution in [0, 0.1) is 0 Å². The van der Waals surface area contributed by atoms with Crippen molar-refractivity contribution in [2.75, 3.05) is 20.3 Å². The van der Waals surface area contributed by atoms with Gasteiger partial charge in [-0.1, -0.05) is 55.5 Å². The Kier molecular flexibility index (Phi) is 10.3. The van der Waals surface area contributed by atoms with Crippen LogP contribution in [0.2, 0.25) is 0 Å². The summed E-state index contributed by atoms with van der Waals surface area (Å²) in [7, 11) is 1.69. The van der Waals surface area contributed by atoms with Gasteiger partial charge in [0.25, 0.3) is 0 Å². The summed E-state index contributed by atoms with van der Waals surface area (Å²) in [5.41, 5.74) is 1.14. The lowest BCUT2D eigenvalue weighted by molar-refractivity contribution is 0.290. The largest absolute Gasteiger partial charge is 0.493 e. The average Bonchev–Trinajstić information content (AvgIpc) is 2.53. The minimum Gasteiger partial charge on any atom is -0.493 e. The molecule has 1 N–H and O–H groups in total. The Hall–Kier alpha value is -0.740. The lowest BCUT2D eigenvalue weighted by atomic mass is 10.1. The summed E-state index contributed by atoms with van der Waals surface area (Å²) in [4.78, 5) is 0. The zero-order chi connectivity index (χ0) is 16.2. The van der Waals surface area contributed by atoms with Crippen molar-refractivity contribution in [2.24, 2.45) is 0 Å². The van der Waals surface area contributed by atoms with Crippen LogP contribution in [0.5, 0.6) is 11.5 Å². The van der Waals surface area contributed by atoms with Crippen molar-refractivity contribution in [3.63, 3.8) is 0 Å². The number of nitrogens with one attached hydrogen (secondary N) is 1. The molecular weight excluding hydrogens is 342 g/mol. The van der Waals surface area contributed by atoms with Crippen molar-refractivity contribution in [3.8, 4) is 11.5 Å². The van der Waals surface area contributed by atoms with Gasteiger partial charge in [-0.25, -0.2) is 0 Å². The number of hydrogen-bond donors (Lipinski definition) is 1. The van der Waals surface area contributed by atoms with Crippen molar-refractivity contribution in [1.29, 1.82) is 0 Å². The Balaban J connectivity index is 2.56. The van der Waals surface area contributed by atoms with E-state index in [-0.39, 0.29) is 0 Å². The van der Waals surface area contributed by atoms with Crippen LogP contribution in [0.25, 0.3) is 0 Å². The molecule has 0 aliphatic rings. The predicted octanol–water partition coefficient (Wildman–Crippen LogP) is 5.31. The third-order valence-corrected chi connectivity index (χ3v) is 4.34. The molecule has 0 aliphatic carbocycles. The normalized spacial score (nSPS) is 10.7. The van der Waals surface area contributed by atoms with Gasteiger partial charge in [-0.05, 0) is 31.5 Å². The maximum atomic E-state index is 5.90. The van der Waals surface area contributed by atoms with E-state index in [1.54, 1.807) is 7.11 Å². The van der Waals surface area contributed by atoms with E-state index >= 15 is 0 Å². The second kappa shape index (κ2) is 11.8. The SMILES string of the molecule is CCCCCCCNCc1c(Br)ccc(OC)c1OCCC. The van der Waals surface area contributed by atoms with E-state index in [0.717, 1.165) is 41.0 Å². The molecule has 1 rings (SSSR count). The lowest BCUT2D eigenvalue weighted by Gasteiger charge is -2.17. The van der Waals surface area contributed by atoms with Crippen molar-refractivity contribution < 1.29 is 9.47 Å². The molecule has 0 unspecified atom stereocenters. The quantitative estimate of drug-likeness (QED) is 0.505. The number of rotatable bonds is 12. The molecule has 0 radical (unpaired) electrons. The average molecular weight is 372 g/mol. The van der Waals surface area contributed by atoms with Crippen LogP contribution in [-0.4, -0.2) is 20.3 Å². The molecule has 0 aliphatic heterocycles. The zero-order valence-corrected chi connectivity index (χ0v) is 15.8. The summed E-state index contributed by atoms with van der Waals surface area (Å²) in [6.45, 7) is 6.90. The Morgan fingerprint density at radius 2 is 1.82 bits per heavy atom. The van der Waals surface area contributed by atoms with Crippen molar-refractivity contribution in [1.82, 2.24) is 5.32 Å². The van der Waals surface area contributed by atoms with Crippen LogP contribution in [-0.2, 0) is 6.54 Å². The lowest BCUT2D eigenvalue weighted by Crippen LogP contribution is -2.16. The number of methoxy groups -OCH3 is 1. The standard InChI is InChI=1S/C18H30BrNO2/c1-4-6-7-8-9-12-20-14-15-16(19)10-11-17(21-3)18(15)22-13-5-2/h10-11,20H,4-9,12-14H2,1-3H3. The summed E-state index contributed by atoms with van der Waals surface area (Å²) in [5.74, 6) is 1.66. The Bertz CT molecular complexity index is 424. The maximum Gasteiger partial charge on any atom is 0.166 e. The summed E-state index contributed by atoms with van der Waals surface area (Å²) in [6.07, 6.45) is 7.50. The van der Waals surface area contributed by atoms with E-state index in [9.17, 15) is 0 Å². The van der Waals surface area contributed by atoms with Gasteiger partial charge in [-0.3, -0.25) is 0 Å². The van der Waals surface area contributed by atoms with Crippen LogP contribution in [0.15, 0.2) is 16.6 Å². The molecule has 0 amide bonds. The van der Waals surface area contributed by atoms with Crippen LogP contribution in [0.4, 0.5) is 0 Å². The summed E-state index contributed by atoms with van der Waals surface area (Å²) >= 11 is 3.63. The van der Waals surface area contributed by atoms with E-state index in [2.05, 4.69) is 35.1 Å². The van der Waals surface area contributed by atoms with Gasteiger partial charge in [0, 0.05) is 16.6 Å². The molecule has 1 aromatic rings. The molecule has 4 heteroatoms. The Morgan fingerprint density at radius 3 is 2.50 bits per heavy atom. The highest BCUT2D eigenvalue weighted by Gasteiger charge is 2.14. The predicted molar refractivity (Wildman–Crippen MR) is 96.9 cm³/mol. The highest BCUT2D eigenvalue weighted by Crippen LogP contribution is 2.36. The monoisotopic (exact) mass is 371 g/mol. The number of hydrogen-bond acceptors (Lipinski definition) is 3. The molecule has 126 valence electrons. The third kappa shape index (κ3) is 6.57. The minimum absolute atomic E-state index is 0.705. The fourth-order valence-corrected chi connectivity index (χ4v) is 2.79. The van der Waals surface area contributed by atoms with Crippen LogP contribution in [0.1, 0.15) is 57.9 Å². The molecule has 22 heavy (non-hydrogen) atoms. The molecule has 3 nitrogen and oxygen atoms in total. The summed E-state index contributed by atoms with van der Waals surface area (Å²) in [5, 5.41) is 3.52. The van der Waals surface area contributed by atoms with Crippen molar-refractivity contribution >= 4 is 15.9 Å². The first-order valence-electron chi connectivity index (χ1n) is 8.43. The highest BCUT2D eigenvalue weighted by atomic mass is 79.9. The fraction of sp³-hybridized carbons (Fsp3) is 0.667. The molecule has 0 bridgehead atoms. The number of benzene rings is 1. The highest BCUT2D eigenvalue weighted by molar-refractivity contribution is 9.10. The molecule has 0 fully saturated rings. The van der Waals surface area contributed by atoms with E-state index in [4.69, 9.17) is 9.47 Å². The molecular formula is C18H30BrNO2. The van der Waals surface area contributed by atoms with E-state index in [0.29, 0.717) is 6.61 Å². The van der Waals surface area contributed by atoms with Gasteiger partial charge in [0.05, 0.1) is 13.7 Å². The van der Waals surface area contributed by atoms with Crippen LogP contribution < -0.4 is 14.8 Å². The Labute approximate surface area is 143 Å². The zero-order valence-electron chi connectivity index (χ0n) is 14.2. The molecule has 0 heterocycles. The third-order valence-electron chi connectivity index (χ3n) is 3.60. The first-order valence-corrected chi connectivity index (χ1v) is 9.22. The minimum atomic E-state index is 0.705. The molecule has 0 spiro atoms. The maximum absolute atomic E-state index is 5.90. The Morgan fingerprint density at radius 1 is 1.05 bits per heavy atom. The van der Waals surface area contributed by atoms with E-state index < -0.39 is 0 Å². The molecule has 1 aromatic carbocycles. The molecule has 0 atom stereocenters. The van der Waals surface area contributed by atoms with Crippen LogP contribution >= 0.6 is 15.9 Å². The summed E-state index contributed by atoms with van der Waals surface area (Å²) in [6, 6.07) is 3.97. The molecule has 0 aromatic heterocycles. The van der Waals surface area contributed by atoms with Gasteiger partial charge in [0.15, 0.2) is 11.5 Å².